The molecule has 1 fully saturated rings. The summed E-state index contributed by atoms with van der Waals surface area (Å²) in [7, 11) is 0. The van der Waals surface area contributed by atoms with E-state index >= 15 is 0 Å². The molecule has 2 amide bonds. The van der Waals surface area contributed by atoms with Gasteiger partial charge < -0.3 is 20.3 Å². The third-order valence-corrected chi connectivity index (χ3v) is 4.26. The van der Waals surface area contributed by atoms with E-state index in [0.717, 1.165) is 24.2 Å². The third-order valence-electron chi connectivity index (χ3n) is 4.26. The molecule has 1 heterocycles. The molecule has 1 aliphatic rings. The van der Waals surface area contributed by atoms with E-state index in [1.54, 1.807) is 17.1 Å². The van der Waals surface area contributed by atoms with Crippen molar-refractivity contribution in [3.8, 4) is 0 Å². The molecule has 2 N–H and O–H groups in total. The van der Waals surface area contributed by atoms with E-state index in [2.05, 4.69) is 17.2 Å². The summed E-state index contributed by atoms with van der Waals surface area (Å²) in [5.74, 6) is -0.127. The van der Waals surface area contributed by atoms with Gasteiger partial charge in [0.05, 0.1) is 0 Å². The standard InChI is InChI=1S/C21H27N3O3/c1-3-5-9-17(4-2)16-27-21(26)23-19(18-10-7-6-8-11-18)20(25)24-14-12-22-13-15-24/h3-11,19,22H,1,12-16H2,2H3,(H,23,26)/b9-5-,17-4+/t19-/m0/s1. The zero-order valence-corrected chi connectivity index (χ0v) is 15.7. The van der Waals surface area contributed by atoms with Crippen molar-refractivity contribution in [2.45, 2.75) is 13.0 Å². The van der Waals surface area contributed by atoms with Crippen molar-refractivity contribution in [3.63, 3.8) is 0 Å². The molecule has 1 aromatic carbocycles. The molecule has 0 radical (unpaired) electrons. The largest absolute Gasteiger partial charge is 0.445 e. The highest BCUT2D eigenvalue weighted by Crippen LogP contribution is 2.17. The molecular weight excluding hydrogens is 342 g/mol. The second-order valence-electron chi connectivity index (χ2n) is 6.10. The molecule has 0 spiro atoms. The quantitative estimate of drug-likeness (QED) is 0.725. The number of piperazine rings is 1. The lowest BCUT2D eigenvalue weighted by Gasteiger charge is -2.31. The number of benzene rings is 1. The van der Waals surface area contributed by atoms with Gasteiger partial charge in [0.25, 0.3) is 0 Å². The van der Waals surface area contributed by atoms with E-state index in [9.17, 15) is 9.59 Å². The van der Waals surface area contributed by atoms with Crippen LogP contribution in [0.3, 0.4) is 0 Å². The third kappa shape index (κ3) is 6.42. The van der Waals surface area contributed by atoms with Gasteiger partial charge in [0.2, 0.25) is 5.91 Å². The molecule has 6 heteroatoms. The molecule has 0 aliphatic carbocycles. The molecule has 0 aromatic heterocycles. The molecule has 2 rings (SSSR count). The van der Waals surface area contributed by atoms with E-state index in [0.29, 0.717) is 13.1 Å². The highest BCUT2D eigenvalue weighted by molar-refractivity contribution is 5.87. The molecule has 6 nitrogen and oxygen atoms in total. The minimum atomic E-state index is -0.769. The van der Waals surface area contributed by atoms with Gasteiger partial charge in [-0.2, -0.15) is 0 Å². The van der Waals surface area contributed by atoms with Crippen molar-refractivity contribution in [3.05, 3.63) is 72.4 Å². The minimum absolute atomic E-state index is 0.121. The Kier molecular flexibility index (Phi) is 8.32. The predicted octanol–water partition coefficient (Wildman–Crippen LogP) is 2.57. The van der Waals surface area contributed by atoms with Crippen LogP contribution in [0, 0.1) is 0 Å². The Morgan fingerprint density at radius 2 is 2.00 bits per heavy atom. The summed E-state index contributed by atoms with van der Waals surface area (Å²) in [4.78, 5) is 27.0. The van der Waals surface area contributed by atoms with Crippen LogP contribution in [0.5, 0.6) is 0 Å². The molecule has 0 saturated carbocycles. The second kappa shape index (κ2) is 11.0. The molecular formula is C21H27N3O3. The number of nitrogens with zero attached hydrogens (tertiary/aromatic N) is 1. The zero-order valence-electron chi connectivity index (χ0n) is 15.7. The summed E-state index contributed by atoms with van der Waals surface area (Å²) in [6.07, 6.45) is 6.48. The Bertz CT molecular complexity index is 692. The summed E-state index contributed by atoms with van der Waals surface area (Å²) in [5, 5.41) is 5.94. The average Bonchev–Trinajstić information content (AvgIpc) is 2.73. The number of amides is 2. The maximum absolute atomic E-state index is 13.0. The average molecular weight is 369 g/mol. The van der Waals surface area contributed by atoms with E-state index in [1.165, 1.54) is 0 Å². The Labute approximate surface area is 160 Å². The molecule has 27 heavy (non-hydrogen) atoms. The molecule has 0 unspecified atom stereocenters. The highest BCUT2D eigenvalue weighted by Gasteiger charge is 2.28. The molecule has 1 saturated heterocycles. The van der Waals surface area contributed by atoms with Crippen LogP contribution >= 0.6 is 0 Å². The first-order valence-electron chi connectivity index (χ1n) is 9.07. The van der Waals surface area contributed by atoms with Crippen LogP contribution in [-0.2, 0) is 9.53 Å². The first kappa shape index (κ1) is 20.5. The summed E-state index contributed by atoms with van der Waals surface area (Å²) < 4.78 is 5.29. The fraction of sp³-hybridized carbons (Fsp3) is 0.333. The lowest BCUT2D eigenvalue weighted by Crippen LogP contribution is -2.50. The van der Waals surface area contributed by atoms with Crippen molar-refractivity contribution in [2.24, 2.45) is 0 Å². The fourth-order valence-corrected chi connectivity index (χ4v) is 2.73. The van der Waals surface area contributed by atoms with Gasteiger partial charge in [0.15, 0.2) is 0 Å². The number of nitrogens with one attached hydrogen (secondary N) is 2. The van der Waals surface area contributed by atoms with Gasteiger partial charge in [-0.1, -0.05) is 61.2 Å². The van der Waals surface area contributed by atoms with E-state index in [1.807, 2.05) is 49.4 Å². The van der Waals surface area contributed by atoms with Crippen molar-refractivity contribution >= 4 is 12.0 Å². The Morgan fingerprint density at radius 3 is 2.63 bits per heavy atom. The number of carbonyl (C=O) groups is 2. The van der Waals surface area contributed by atoms with Gasteiger partial charge in [-0.3, -0.25) is 4.79 Å². The van der Waals surface area contributed by atoms with E-state index < -0.39 is 12.1 Å². The normalized spacial score (nSPS) is 16.0. The van der Waals surface area contributed by atoms with E-state index in [4.69, 9.17) is 4.74 Å². The van der Waals surface area contributed by atoms with Crippen molar-refractivity contribution < 1.29 is 14.3 Å². The lowest BCUT2D eigenvalue weighted by atomic mass is 10.1. The minimum Gasteiger partial charge on any atom is -0.445 e. The number of carbonyl (C=O) groups excluding carboxylic acids is 2. The van der Waals surface area contributed by atoms with Crippen LogP contribution in [0.2, 0.25) is 0 Å². The molecule has 1 aromatic rings. The van der Waals surface area contributed by atoms with Crippen molar-refractivity contribution in [1.82, 2.24) is 15.5 Å². The highest BCUT2D eigenvalue weighted by atomic mass is 16.5. The summed E-state index contributed by atoms with van der Waals surface area (Å²) in [5.41, 5.74) is 1.57. The Balaban J connectivity index is 2.05. The summed E-state index contributed by atoms with van der Waals surface area (Å²) in [6, 6.07) is 8.45. The maximum Gasteiger partial charge on any atom is 0.408 e. The van der Waals surface area contributed by atoms with Crippen LogP contribution < -0.4 is 10.6 Å². The molecule has 144 valence electrons. The van der Waals surface area contributed by atoms with Gasteiger partial charge in [0, 0.05) is 26.2 Å². The van der Waals surface area contributed by atoms with Crippen LogP contribution in [0.15, 0.2) is 66.8 Å². The monoisotopic (exact) mass is 369 g/mol. The fourth-order valence-electron chi connectivity index (χ4n) is 2.73. The first-order valence-corrected chi connectivity index (χ1v) is 9.07. The molecule has 0 bridgehead atoms. The van der Waals surface area contributed by atoms with E-state index in [-0.39, 0.29) is 12.5 Å². The lowest BCUT2D eigenvalue weighted by molar-refractivity contribution is -0.134. The topological polar surface area (TPSA) is 70.7 Å². The predicted molar refractivity (Wildman–Crippen MR) is 106 cm³/mol. The van der Waals surface area contributed by atoms with Gasteiger partial charge in [0.1, 0.15) is 12.6 Å². The number of alkyl carbamates (subject to hydrolysis) is 1. The Hall–Kier alpha value is -2.86. The number of rotatable bonds is 7. The van der Waals surface area contributed by atoms with Crippen LogP contribution in [0.25, 0.3) is 0 Å². The van der Waals surface area contributed by atoms with Crippen LogP contribution in [0.4, 0.5) is 4.79 Å². The number of allylic oxidation sites excluding steroid dienone is 3. The Morgan fingerprint density at radius 1 is 1.30 bits per heavy atom. The summed E-state index contributed by atoms with van der Waals surface area (Å²) in [6.45, 7) is 8.34. The number of hydrogen-bond donors (Lipinski definition) is 2. The van der Waals surface area contributed by atoms with Crippen LogP contribution in [0.1, 0.15) is 18.5 Å². The van der Waals surface area contributed by atoms with Gasteiger partial charge in [-0.15, -0.1) is 0 Å². The summed E-state index contributed by atoms with van der Waals surface area (Å²) >= 11 is 0. The second-order valence-corrected chi connectivity index (χ2v) is 6.10. The zero-order chi connectivity index (χ0) is 19.5. The van der Waals surface area contributed by atoms with Gasteiger partial charge in [-0.25, -0.2) is 4.79 Å². The van der Waals surface area contributed by atoms with Gasteiger partial charge >= 0.3 is 6.09 Å². The smallest absolute Gasteiger partial charge is 0.408 e. The SMILES string of the molecule is C=C/C=C\C(=C/C)COC(=O)N[C@H](C(=O)N1CCNCC1)c1ccccc1. The van der Waals surface area contributed by atoms with Crippen LogP contribution in [-0.4, -0.2) is 49.7 Å². The maximum atomic E-state index is 13.0. The van der Waals surface area contributed by atoms with Crippen molar-refractivity contribution in [1.29, 1.82) is 0 Å². The number of ether oxygens (including phenoxy) is 1. The molecule has 1 aliphatic heterocycles. The first-order chi connectivity index (χ1) is 13.2. The van der Waals surface area contributed by atoms with Crippen molar-refractivity contribution in [2.75, 3.05) is 32.8 Å². The number of hydrogen-bond acceptors (Lipinski definition) is 4. The molecule has 1 atom stereocenters. The van der Waals surface area contributed by atoms with Gasteiger partial charge in [-0.05, 0) is 18.1 Å².